The van der Waals surface area contributed by atoms with Gasteiger partial charge in [-0.3, -0.25) is 0 Å². The van der Waals surface area contributed by atoms with Gasteiger partial charge in [-0.2, -0.15) is 17.5 Å². The van der Waals surface area contributed by atoms with Crippen LogP contribution in [0, 0.1) is 0 Å². The normalized spacial score (nSPS) is 17.6. The number of hydrogen-bond donors (Lipinski definition) is 0. The zero-order chi connectivity index (χ0) is 13.6. The lowest BCUT2D eigenvalue weighted by Gasteiger charge is -2.29. The molecule has 1 aromatic rings. The monoisotopic (exact) mass is 343 g/mol. The predicted octanol–water partition coefficient (Wildman–Crippen LogP) is 2.86. The maximum Gasteiger partial charge on any atom is 0.416 e. The van der Waals surface area contributed by atoms with Crippen LogP contribution in [0.5, 0.6) is 0 Å². The van der Waals surface area contributed by atoms with Gasteiger partial charge in [-0.15, -0.1) is 0 Å². The molecule has 1 aliphatic rings. The average Bonchev–Trinajstić information content (AvgIpc) is 2.11. The Morgan fingerprint density at radius 2 is 1.78 bits per heavy atom. The Hall–Kier alpha value is -0.600. The number of halogens is 4. The van der Waals surface area contributed by atoms with E-state index in [1.54, 1.807) is 0 Å². The summed E-state index contributed by atoms with van der Waals surface area (Å²) < 4.78 is 63.0. The summed E-state index contributed by atoms with van der Waals surface area (Å²) in [6, 6.07) is 2.70. The van der Waals surface area contributed by atoms with Crippen molar-refractivity contribution in [3.8, 4) is 0 Å². The molecule has 0 spiro atoms. The summed E-state index contributed by atoms with van der Waals surface area (Å²) >= 11 is 2.90. The van der Waals surface area contributed by atoms with Crippen LogP contribution in [0.3, 0.4) is 0 Å². The summed E-state index contributed by atoms with van der Waals surface area (Å²) in [4.78, 5) is -0.330. The fourth-order valence-corrected chi connectivity index (χ4v) is 3.79. The van der Waals surface area contributed by atoms with Gasteiger partial charge in [0.2, 0.25) is 10.0 Å². The number of hydrogen-bond acceptors (Lipinski definition) is 2. The molecule has 1 heterocycles. The van der Waals surface area contributed by atoms with Crippen molar-refractivity contribution >= 4 is 26.0 Å². The van der Waals surface area contributed by atoms with Crippen LogP contribution in [-0.2, 0) is 16.2 Å². The molecule has 1 aliphatic heterocycles. The summed E-state index contributed by atoms with van der Waals surface area (Å²) in [5, 5.41) is 0. The molecule has 1 aromatic carbocycles. The minimum absolute atomic E-state index is 0.0939. The second-order valence-corrected chi connectivity index (χ2v) is 6.78. The summed E-state index contributed by atoms with van der Waals surface area (Å²) in [5.74, 6) is 0. The number of nitrogens with zero attached hydrogens (tertiary/aromatic N) is 1. The van der Waals surface area contributed by atoms with Crippen LogP contribution in [0.15, 0.2) is 27.6 Å². The van der Waals surface area contributed by atoms with E-state index in [-0.39, 0.29) is 9.37 Å². The summed E-state index contributed by atoms with van der Waals surface area (Å²) in [6.07, 6.45) is -3.83. The largest absolute Gasteiger partial charge is 0.416 e. The number of benzene rings is 1. The van der Waals surface area contributed by atoms with Gasteiger partial charge in [0.05, 0.1) is 10.5 Å². The van der Waals surface area contributed by atoms with Crippen molar-refractivity contribution in [1.82, 2.24) is 4.31 Å². The molecule has 8 heteroatoms. The first-order valence-corrected chi connectivity index (χ1v) is 7.32. The fourth-order valence-electron chi connectivity index (χ4n) is 1.55. The zero-order valence-electron chi connectivity index (χ0n) is 9.04. The van der Waals surface area contributed by atoms with Gasteiger partial charge in [0.25, 0.3) is 0 Å². The first kappa shape index (κ1) is 13.8. The average molecular weight is 344 g/mol. The van der Waals surface area contributed by atoms with E-state index in [0.717, 1.165) is 16.8 Å². The highest BCUT2D eigenvalue weighted by Crippen LogP contribution is 2.34. The van der Waals surface area contributed by atoms with Gasteiger partial charge in [-0.25, -0.2) is 8.42 Å². The SMILES string of the molecule is O=S(=O)(c1cc(Br)cc(C(F)(F)F)c1)N1CCC1. The number of sulfonamides is 1. The van der Waals surface area contributed by atoms with Crippen LogP contribution in [0.4, 0.5) is 13.2 Å². The molecule has 0 atom stereocenters. The van der Waals surface area contributed by atoms with Gasteiger partial charge in [0.15, 0.2) is 0 Å². The van der Waals surface area contributed by atoms with E-state index in [1.807, 2.05) is 0 Å². The van der Waals surface area contributed by atoms with Gasteiger partial charge < -0.3 is 0 Å². The summed E-state index contributed by atoms with van der Waals surface area (Å²) in [6.45, 7) is 0.715. The quantitative estimate of drug-likeness (QED) is 0.827. The molecule has 0 saturated carbocycles. The Bertz CT molecular complexity index is 567. The summed E-state index contributed by atoms with van der Waals surface area (Å²) in [7, 11) is -3.80. The third-order valence-electron chi connectivity index (χ3n) is 2.65. The number of alkyl halides is 3. The Labute approximate surface area is 111 Å². The number of rotatable bonds is 2. The molecule has 0 bridgehead atoms. The highest BCUT2D eigenvalue weighted by molar-refractivity contribution is 9.10. The van der Waals surface area contributed by atoms with Crippen molar-refractivity contribution in [2.24, 2.45) is 0 Å². The third-order valence-corrected chi connectivity index (χ3v) is 4.99. The van der Waals surface area contributed by atoms with E-state index in [0.29, 0.717) is 19.2 Å². The molecule has 100 valence electrons. The lowest BCUT2D eigenvalue weighted by atomic mass is 10.2. The Morgan fingerprint density at radius 3 is 2.22 bits per heavy atom. The molecule has 1 fully saturated rings. The lowest BCUT2D eigenvalue weighted by molar-refractivity contribution is -0.137. The van der Waals surface area contributed by atoms with Crippen molar-refractivity contribution in [3.05, 3.63) is 28.2 Å². The van der Waals surface area contributed by atoms with Gasteiger partial charge in [-0.1, -0.05) is 15.9 Å². The lowest BCUT2D eigenvalue weighted by Crippen LogP contribution is -2.41. The molecule has 0 aromatic heterocycles. The molecule has 2 rings (SSSR count). The third kappa shape index (κ3) is 2.55. The molecular weight excluding hydrogens is 335 g/mol. The second-order valence-electron chi connectivity index (χ2n) is 3.93. The zero-order valence-corrected chi connectivity index (χ0v) is 11.4. The van der Waals surface area contributed by atoms with E-state index >= 15 is 0 Å². The Kier molecular flexibility index (Phi) is 3.46. The molecule has 0 radical (unpaired) electrons. The van der Waals surface area contributed by atoms with Crippen molar-refractivity contribution in [2.45, 2.75) is 17.5 Å². The van der Waals surface area contributed by atoms with Gasteiger partial charge in [-0.05, 0) is 24.6 Å². The van der Waals surface area contributed by atoms with E-state index < -0.39 is 21.8 Å². The Balaban J connectivity index is 2.49. The smallest absolute Gasteiger partial charge is 0.207 e. The van der Waals surface area contributed by atoms with Gasteiger partial charge in [0, 0.05) is 17.6 Å². The van der Waals surface area contributed by atoms with Crippen LogP contribution < -0.4 is 0 Å². The van der Waals surface area contributed by atoms with Crippen molar-refractivity contribution in [1.29, 1.82) is 0 Å². The minimum Gasteiger partial charge on any atom is -0.207 e. The molecule has 0 amide bonds. The second kappa shape index (κ2) is 4.50. The first-order chi connectivity index (χ1) is 8.21. The fraction of sp³-hybridized carbons (Fsp3) is 0.400. The maximum absolute atomic E-state index is 12.6. The maximum atomic E-state index is 12.6. The van der Waals surface area contributed by atoms with Crippen LogP contribution in [0.2, 0.25) is 0 Å². The molecule has 1 saturated heterocycles. The van der Waals surface area contributed by atoms with Crippen molar-refractivity contribution < 1.29 is 21.6 Å². The van der Waals surface area contributed by atoms with E-state index in [9.17, 15) is 21.6 Å². The van der Waals surface area contributed by atoms with E-state index in [2.05, 4.69) is 15.9 Å². The molecular formula is C10H9BrF3NO2S. The predicted molar refractivity (Wildman–Crippen MR) is 62.5 cm³/mol. The van der Waals surface area contributed by atoms with Crippen molar-refractivity contribution in [3.63, 3.8) is 0 Å². The van der Waals surface area contributed by atoms with E-state index in [4.69, 9.17) is 0 Å². The highest BCUT2D eigenvalue weighted by atomic mass is 79.9. The molecule has 0 unspecified atom stereocenters. The molecule has 0 N–H and O–H groups in total. The van der Waals surface area contributed by atoms with E-state index in [1.165, 1.54) is 6.07 Å². The van der Waals surface area contributed by atoms with Gasteiger partial charge >= 0.3 is 6.18 Å². The van der Waals surface area contributed by atoms with Crippen LogP contribution in [0.1, 0.15) is 12.0 Å². The van der Waals surface area contributed by atoms with Crippen molar-refractivity contribution in [2.75, 3.05) is 13.1 Å². The molecule has 3 nitrogen and oxygen atoms in total. The summed E-state index contributed by atoms with van der Waals surface area (Å²) in [5.41, 5.74) is -0.976. The standard InChI is InChI=1S/C10H9BrF3NO2S/c11-8-4-7(10(12,13)14)5-9(6-8)18(16,17)15-2-1-3-15/h4-6H,1-3H2. The molecule has 18 heavy (non-hydrogen) atoms. The van der Waals surface area contributed by atoms with Crippen LogP contribution in [0.25, 0.3) is 0 Å². The first-order valence-electron chi connectivity index (χ1n) is 5.09. The Morgan fingerprint density at radius 1 is 1.17 bits per heavy atom. The van der Waals surface area contributed by atoms with Crippen LogP contribution >= 0.6 is 15.9 Å². The van der Waals surface area contributed by atoms with Crippen LogP contribution in [-0.4, -0.2) is 25.8 Å². The molecule has 0 aliphatic carbocycles. The highest BCUT2D eigenvalue weighted by Gasteiger charge is 2.35. The van der Waals surface area contributed by atoms with Gasteiger partial charge in [0.1, 0.15) is 0 Å². The minimum atomic E-state index is -4.57. The topological polar surface area (TPSA) is 37.4 Å².